The topological polar surface area (TPSA) is 95.9 Å². The number of esters is 1. The molecule has 6 heteroatoms. The lowest BCUT2D eigenvalue weighted by atomic mass is 10.0. The van der Waals surface area contributed by atoms with E-state index in [4.69, 9.17) is 4.74 Å². The molecule has 0 saturated carbocycles. The van der Waals surface area contributed by atoms with Gasteiger partial charge in [-0.15, -0.1) is 0 Å². The Morgan fingerprint density at radius 3 is 1.13 bits per heavy atom. The first-order chi connectivity index (χ1) is 31.0. The molecule has 0 aliphatic carbocycles. The molecular formula is C57H111NO5. The number of hydrogen-bond acceptors (Lipinski definition) is 5. The molecule has 0 bridgehead atoms. The van der Waals surface area contributed by atoms with Gasteiger partial charge in [-0.3, -0.25) is 9.59 Å². The van der Waals surface area contributed by atoms with Crippen LogP contribution in [0.2, 0.25) is 0 Å². The third-order valence-corrected chi connectivity index (χ3v) is 13.3. The minimum atomic E-state index is -0.675. The molecule has 2 unspecified atom stereocenters. The number of carbonyl (C=O) groups excluding carboxylic acids is 2. The normalized spacial score (nSPS) is 12.6. The molecule has 0 radical (unpaired) electrons. The van der Waals surface area contributed by atoms with Crippen LogP contribution in [0.4, 0.5) is 0 Å². The molecule has 3 N–H and O–H groups in total. The molecule has 0 aliphatic rings. The van der Waals surface area contributed by atoms with Gasteiger partial charge in [0, 0.05) is 12.8 Å². The van der Waals surface area contributed by atoms with Gasteiger partial charge < -0.3 is 20.3 Å². The Kier molecular flexibility index (Phi) is 52.0. The smallest absolute Gasteiger partial charge is 0.305 e. The number of aliphatic hydroxyl groups is 2. The van der Waals surface area contributed by atoms with Gasteiger partial charge in [0.2, 0.25) is 5.91 Å². The zero-order chi connectivity index (χ0) is 45.8. The lowest BCUT2D eigenvalue weighted by Gasteiger charge is -2.22. The lowest BCUT2D eigenvalue weighted by Crippen LogP contribution is -2.45. The van der Waals surface area contributed by atoms with Crippen molar-refractivity contribution in [2.24, 2.45) is 0 Å². The second-order valence-corrected chi connectivity index (χ2v) is 19.6. The fraction of sp³-hybridized carbons (Fsp3) is 0.930. The number of nitrogens with one attached hydrogen (secondary N) is 1. The van der Waals surface area contributed by atoms with Crippen LogP contribution in [0.5, 0.6) is 0 Å². The summed E-state index contributed by atoms with van der Waals surface area (Å²) in [6.45, 7) is 4.93. The zero-order valence-electron chi connectivity index (χ0n) is 42.6. The average Bonchev–Trinajstić information content (AvgIpc) is 3.28. The Morgan fingerprint density at radius 1 is 0.429 bits per heavy atom. The van der Waals surface area contributed by atoms with Gasteiger partial charge in [0.1, 0.15) is 0 Å². The van der Waals surface area contributed by atoms with Crippen LogP contribution in [-0.4, -0.2) is 47.4 Å². The van der Waals surface area contributed by atoms with E-state index in [1.807, 2.05) is 0 Å². The van der Waals surface area contributed by atoms with Gasteiger partial charge in [-0.2, -0.15) is 0 Å². The Morgan fingerprint density at radius 2 is 0.746 bits per heavy atom. The lowest BCUT2D eigenvalue weighted by molar-refractivity contribution is -0.143. The Bertz CT molecular complexity index is 939. The van der Waals surface area contributed by atoms with Crippen molar-refractivity contribution in [3.8, 4) is 0 Å². The van der Waals surface area contributed by atoms with E-state index in [1.165, 1.54) is 225 Å². The molecule has 0 aromatic heterocycles. The summed E-state index contributed by atoms with van der Waals surface area (Å²) in [6, 6.07) is -0.553. The maximum atomic E-state index is 12.5. The first kappa shape index (κ1) is 61.6. The Balaban J connectivity index is 3.45. The molecule has 0 aromatic carbocycles. The summed E-state index contributed by atoms with van der Waals surface area (Å²) in [5.41, 5.74) is 0. The first-order valence-electron chi connectivity index (χ1n) is 28.4. The number of carbonyl (C=O) groups is 2. The van der Waals surface area contributed by atoms with Crippen LogP contribution >= 0.6 is 0 Å². The van der Waals surface area contributed by atoms with Crippen molar-refractivity contribution in [2.45, 2.75) is 328 Å². The largest absolute Gasteiger partial charge is 0.466 e. The minimum absolute atomic E-state index is 0.0162. The Labute approximate surface area is 393 Å². The van der Waals surface area contributed by atoms with Crippen molar-refractivity contribution in [1.29, 1.82) is 0 Å². The number of allylic oxidation sites excluding steroid dienone is 2. The maximum absolute atomic E-state index is 12.5. The van der Waals surface area contributed by atoms with Gasteiger partial charge in [-0.25, -0.2) is 0 Å². The predicted octanol–water partition coefficient (Wildman–Crippen LogP) is 17.3. The third kappa shape index (κ3) is 49.9. The third-order valence-electron chi connectivity index (χ3n) is 13.3. The standard InChI is InChI=1S/C57H111NO5/c1-3-5-7-9-11-13-15-17-19-20-21-22-24-25-29-33-37-41-45-49-55(60)54(53-59)58-56(61)50-46-42-38-34-30-27-28-32-36-40-44-48-52-63-57(62)51-47-43-39-35-31-26-23-18-16-14-12-10-8-6-4-2/h18,23,54-55,59-60H,3-17,19-22,24-53H2,1-2H3,(H,58,61)/b23-18-. The summed E-state index contributed by atoms with van der Waals surface area (Å²) >= 11 is 0. The molecule has 0 rings (SSSR count). The predicted molar refractivity (Wildman–Crippen MR) is 273 cm³/mol. The highest BCUT2D eigenvalue weighted by molar-refractivity contribution is 5.76. The van der Waals surface area contributed by atoms with Crippen LogP contribution < -0.4 is 5.32 Å². The number of amides is 1. The Hall–Kier alpha value is -1.40. The number of ether oxygens (including phenoxy) is 1. The molecule has 1 amide bonds. The van der Waals surface area contributed by atoms with Crippen molar-refractivity contribution >= 4 is 11.9 Å². The summed E-state index contributed by atoms with van der Waals surface area (Å²) in [5, 5.41) is 23.3. The van der Waals surface area contributed by atoms with Crippen LogP contribution in [0.15, 0.2) is 12.2 Å². The summed E-state index contributed by atoms with van der Waals surface area (Å²) in [6.07, 6.45) is 61.9. The zero-order valence-corrected chi connectivity index (χ0v) is 42.6. The second kappa shape index (κ2) is 53.2. The number of rotatable bonds is 53. The molecule has 0 saturated heterocycles. The van der Waals surface area contributed by atoms with E-state index in [0.29, 0.717) is 25.9 Å². The molecule has 0 spiro atoms. The molecular weight excluding hydrogens is 779 g/mol. The molecule has 0 fully saturated rings. The number of unbranched alkanes of at least 4 members (excludes halogenated alkanes) is 40. The molecule has 0 aliphatic heterocycles. The van der Waals surface area contributed by atoms with E-state index in [1.54, 1.807) is 0 Å². The van der Waals surface area contributed by atoms with Crippen LogP contribution in [0.1, 0.15) is 316 Å². The highest BCUT2D eigenvalue weighted by atomic mass is 16.5. The fourth-order valence-electron chi connectivity index (χ4n) is 8.93. The van der Waals surface area contributed by atoms with Crippen LogP contribution in [0, 0.1) is 0 Å². The molecule has 63 heavy (non-hydrogen) atoms. The summed E-state index contributed by atoms with van der Waals surface area (Å²) < 4.78 is 5.46. The minimum Gasteiger partial charge on any atom is -0.466 e. The second-order valence-electron chi connectivity index (χ2n) is 19.6. The van der Waals surface area contributed by atoms with Crippen LogP contribution in [-0.2, 0) is 14.3 Å². The molecule has 0 heterocycles. The van der Waals surface area contributed by atoms with Gasteiger partial charge >= 0.3 is 5.97 Å². The van der Waals surface area contributed by atoms with Crippen molar-refractivity contribution in [3.05, 3.63) is 12.2 Å². The van der Waals surface area contributed by atoms with Crippen molar-refractivity contribution < 1.29 is 24.5 Å². The van der Waals surface area contributed by atoms with Gasteiger partial charge in [-0.1, -0.05) is 264 Å². The molecule has 2 atom stereocenters. The van der Waals surface area contributed by atoms with Gasteiger partial charge in [-0.05, 0) is 51.4 Å². The number of aliphatic hydroxyl groups excluding tert-OH is 2. The summed E-state index contributed by atoms with van der Waals surface area (Å²) in [7, 11) is 0. The van der Waals surface area contributed by atoms with Crippen molar-refractivity contribution in [2.75, 3.05) is 13.2 Å². The van der Waals surface area contributed by atoms with Gasteiger partial charge in [0.05, 0.1) is 25.4 Å². The SMILES string of the molecule is CCCCCCCC/C=C\CCCCCCCC(=O)OCCCCCCCCCCCCCCC(=O)NC(CO)C(O)CCCCCCCCCCCCCCCCCCCCC. The van der Waals surface area contributed by atoms with Gasteiger partial charge in [0.25, 0.3) is 0 Å². The molecule has 374 valence electrons. The van der Waals surface area contributed by atoms with E-state index in [0.717, 1.165) is 57.8 Å². The van der Waals surface area contributed by atoms with Crippen LogP contribution in [0.25, 0.3) is 0 Å². The van der Waals surface area contributed by atoms with E-state index in [-0.39, 0.29) is 18.5 Å². The molecule has 6 nitrogen and oxygen atoms in total. The van der Waals surface area contributed by atoms with E-state index in [9.17, 15) is 19.8 Å². The van der Waals surface area contributed by atoms with E-state index in [2.05, 4.69) is 31.3 Å². The highest BCUT2D eigenvalue weighted by Crippen LogP contribution is 2.17. The number of hydrogen-bond donors (Lipinski definition) is 3. The monoisotopic (exact) mass is 890 g/mol. The van der Waals surface area contributed by atoms with Crippen LogP contribution in [0.3, 0.4) is 0 Å². The molecule has 0 aromatic rings. The summed E-state index contributed by atoms with van der Waals surface area (Å²) in [5.74, 6) is -0.0642. The van der Waals surface area contributed by atoms with E-state index < -0.39 is 12.1 Å². The van der Waals surface area contributed by atoms with E-state index >= 15 is 0 Å². The van der Waals surface area contributed by atoms with Crippen molar-refractivity contribution in [3.63, 3.8) is 0 Å². The van der Waals surface area contributed by atoms with Gasteiger partial charge in [0.15, 0.2) is 0 Å². The summed E-state index contributed by atoms with van der Waals surface area (Å²) in [4.78, 5) is 24.5. The maximum Gasteiger partial charge on any atom is 0.305 e. The quantitative estimate of drug-likeness (QED) is 0.0321. The average molecular weight is 891 g/mol. The fourth-order valence-corrected chi connectivity index (χ4v) is 8.93. The first-order valence-corrected chi connectivity index (χ1v) is 28.4. The van der Waals surface area contributed by atoms with Crippen molar-refractivity contribution in [1.82, 2.24) is 5.32 Å². The highest BCUT2D eigenvalue weighted by Gasteiger charge is 2.20.